The molecule has 1 aliphatic heterocycles. The minimum Gasteiger partial charge on any atom is -0.343 e. The summed E-state index contributed by atoms with van der Waals surface area (Å²) in [7, 11) is 1.99. The van der Waals surface area contributed by atoms with Gasteiger partial charge in [0.1, 0.15) is 0 Å². The maximum absolute atomic E-state index is 12.2. The summed E-state index contributed by atoms with van der Waals surface area (Å²) in [5, 5.41) is 4.24. The van der Waals surface area contributed by atoms with E-state index in [1.54, 1.807) is 0 Å². The lowest BCUT2D eigenvalue weighted by Crippen LogP contribution is -2.38. The summed E-state index contributed by atoms with van der Waals surface area (Å²) in [5.74, 6) is 0.873. The second-order valence-electron chi connectivity index (χ2n) is 5.99. The molecule has 2 heterocycles. The average Bonchev–Trinajstić information content (AvgIpc) is 2.93. The number of carbonyl (C=O) groups excluding carboxylic acids is 1. The van der Waals surface area contributed by atoms with Crippen molar-refractivity contribution in [2.75, 3.05) is 19.6 Å². The highest BCUT2D eigenvalue weighted by Crippen LogP contribution is 2.27. The van der Waals surface area contributed by atoms with Crippen LogP contribution in [0.3, 0.4) is 0 Å². The average molecular weight is 292 g/mol. The Hall–Kier alpha value is -1.36. The van der Waals surface area contributed by atoms with Crippen LogP contribution in [0.4, 0.5) is 0 Å². The number of hydrogen-bond donors (Lipinski definition) is 1. The van der Waals surface area contributed by atoms with Crippen LogP contribution in [0.2, 0.25) is 0 Å². The maximum atomic E-state index is 12.2. The van der Waals surface area contributed by atoms with Crippen LogP contribution in [0.1, 0.15) is 56.6 Å². The second-order valence-corrected chi connectivity index (χ2v) is 5.99. The molecule has 1 fully saturated rings. The van der Waals surface area contributed by atoms with E-state index in [-0.39, 0.29) is 0 Å². The number of nitrogens with zero attached hydrogens (tertiary/aromatic N) is 3. The lowest BCUT2D eigenvalue weighted by atomic mass is 9.93. The first-order chi connectivity index (χ1) is 10.2. The number of unbranched alkanes of at least 4 members (excludes halogenated alkanes) is 3. The predicted molar refractivity (Wildman–Crippen MR) is 83.9 cm³/mol. The van der Waals surface area contributed by atoms with E-state index in [0.29, 0.717) is 18.2 Å². The SMILES string of the molecule is Cn1nccc1C1CCN(C(=O)CCCCCCN)CC1. The summed E-state index contributed by atoms with van der Waals surface area (Å²) in [4.78, 5) is 14.2. The van der Waals surface area contributed by atoms with Crippen LogP contribution in [0, 0.1) is 0 Å². The lowest BCUT2D eigenvalue weighted by molar-refractivity contribution is -0.132. The summed E-state index contributed by atoms with van der Waals surface area (Å²) >= 11 is 0. The van der Waals surface area contributed by atoms with Gasteiger partial charge in [-0.15, -0.1) is 0 Å². The van der Waals surface area contributed by atoms with Gasteiger partial charge in [-0.25, -0.2) is 0 Å². The van der Waals surface area contributed by atoms with Crippen LogP contribution < -0.4 is 5.73 Å². The van der Waals surface area contributed by atoms with Crippen molar-refractivity contribution < 1.29 is 4.79 Å². The van der Waals surface area contributed by atoms with Gasteiger partial charge in [-0.1, -0.05) is 12.8 Å². The van der Waals surface area contributed by atoms with E-state index >= 15 is 0 Å². The number of hydrogen-bond acceptors (Lipinski definition) is 3. The number of carbonyl (C=O) groups is 1. The van der Waals surface area contributed by atoms with Gasteiger partial charge >= 0.3 is 0 Å². The van der Waals surface area contributed by atoms with Crippen molar-refractivity contribution in [2.24, 2.45) is 12.8 Å². The topological polar surface area (TPSA) is 64.2 Å². The van der Waals surface area contributed by atoms with E-state index in [2.05, 4.69) is 11.2 Å². The molecule has 2 N–H and O–H groups in total. The molecule has 2 rings (SSSR count). The molecular weight excluding hydrogens is 264 g/mol. The van der Waals surface area contributed by atoms with Gasteiger partial charge in [-0.3, -0.25) is 9.48 Å². The van der Waals surface area contributed by atoms with Gasteiger partial charge in [0.25, 0.3) is 0 Å². The molecule has 0 radical (unpaired) electrons. The Bertz CT molecular complexity index is 435. The van der Waals surface area contributed by atoms with Gasteiger partial charge in [0.2, 0.25) is 5.91 Å². The molecule has 1 aliphatic rings. The second kappa shape index (κ2) is 8.17. The number of aryl methyl sites for hydroxylation is 1. The minimum absolute atomic E-state index is 0.325. The fourth-order valence-electron chi connectivity index (χ4n) is 3.14. The summed E-state index contributed by atoms with van der Waals surface area (Å²) in [6.45, 7) is 2.53. The highest BCUT2D eigenvalue weighted by molar-refractivity contribution is 5.76. The Labute approximate surface area is 127 Å². The smallest absolute Gasteiger partial charge is 0.222 e. The third kappa shape index (κ3) is 4.56. The van der Waals surface area contributed by atoms with Crippen molar-refractivity contribution >= 4 is 5.91 Å². The molecule has 0 bridgehead atoms. The third-order valence-corrected chi connectivity index (χ3v) is 4.47. The van der Waals surface area contributed by atoms with E-state index in [1.807, 2.05) is 22.8 Å². The molecule has 1 aromatic heterocycles. The third-order valence-electron chi connectivity index (χ3n) is 4.47. The predicted octanol–water partition coefficient (Wildman–Crippen LogP) is 2.04. The number of piperidine rings is 1. The number of nitrogens with two attached hydrogens (primary N) is 1. The Morgan fingerprint density at radius 3 is 2.62 bits per heavy atom. The fourth-order valence-corrected chi connectivity index (χ4v) is 3.14. The van der Waals surface area contributed by atoms with Crippen LogP contribution in [0.15, 0.2) is 12.3 Å². The first-order valence-corrected chi connectivity index (χ1v) is 8.18. The van der Waals surface area contributed by atoms with Crippen LogP contribution in [-0.4, -0.2) is 40.2 Å². The molecular formula is C16H28N4O. The molecule has 0 spiro atoms. The van der Waals surface area contributed by atoms with Crippen LogP contribution in [0.5, 0.6) is 0 Å². The van der Waals surface area contributed by atoms with E-state index in [9.17, 15) is 4.79 Å². The Balaban J connectivity index is 1.68. The van der Waals surface area contributed by atoms with Crippen LogP contribution in [-0.2, 0) is 11.8 Å². The molecule has 118 valence electrons. The normalized spacial score (nSPS) is 16.4. The molecule has 0 aliphatic carbocycles. The molecule has 1 amide bonds. The van der Waals surface area contributed by atoms with Crippen molar-refractivity contribution in [1.29, 1.82) is 0 Å². The standard InChI is InChI=1S/C16H28N4O/c1-19-15(7-11-18-19)14-8-12-20(13-9-14)16(21)6-4-2-3-5-10-17/h7,11,14H,2-6,8-10,12-13,17H2,1H3. The lowest BCUT2D eigenvalue weighted by Gasteiger charge is -2.32. The zero-order chi connectivity index (χ0) is 15.1. The van der Waals surface area contributed by atoms with Crippen molar-refractivity contribution in [3.05, 3.63) is 18.0 Å². The highest BCUT2D eigenvalue weighted by atomic mass is 16.2. The summed E-state index contributed by atoms with van der Waals surface area (Å²) < 4.78 is 1.96. The van der Waals surface area contributed by atoms with Gasteiger partial charge in [0.15, 0.2) is 0 Å². The Morgan fingerprint density at radius 1 is 1.29 bits per heavy atom. The van der Waals surface area contributed by atoms with E-state index in [1.165, 1.54) is 5.69 Å². The number of aromatic nitrogens is 2. The number of rotatable bonds is 7. The van der Waals surface area contributed by atoms with Crippen molar-refractivity contribution in [2.45, 2.75) is 50.9 Å². The van der Waals surface area contributed by atoms with Gasteiger partial charge in [0.05, 0.1) is 0 Å². The molecule has 21 heavy (non-hydrogen) atoms. The molecule has 5 heteroatoms. The molecule has 0 unspecified atom stereocenters. The molecule has 0 saturated carbocycles. The fraction of sp³-hybridized carbons (Fsp3) is 0.750. The summed E-state index contributed by atoms with van der Waals surface area (Å²) in [6.07, 6.45) is 9.00. The van der Waals surface area contributed by atoms with Crippen molar-refractivity contribution in [3.63, 3.8) is 0 Å². The van der Waals surface area contributed by atoms with E-state index < -0.39 is 0 Å². The molecule has 1 saturated heterocycles. The van der Waals surface area contributed by atoms with E-state index in [4.69, 9.17) is 5.73 Å². The Kier molecular flexibility index (Phi) is 6.23. The zero-order valence-corrected chi connectivity index (χ0v) is 13.1. The Morgan fingerprint density at radius 2 is 2.00 bits per heavy atom. The summed E-state index contributed by atoms with van der Waals surface area (Å²) in [6, 6.07) is 2.10. The van der Waals surface area contributed by atoms with Crippen LogP contribution in [0.25, 0.3) is 0 Å². The molecule has 0 atom stereocenters. The molecule has 5 nitrogen and oxygen atoms in total. The molecule has 0 aromatic carbocycles. The number of likely N-dealkylation sites (tertiary alicyclic amines) is 1. The first-order valence-electron chi connectivity index (χ1n) is 8.18. The highest BCUT2D eigenvalue weighted by Gasteiger charge is 2.24. The van der Waals surface area contributed by atoms with Gasteiger partial charge in [-0.05, 0) is 38.3 Å². The van der Waals surface area contributed by atoms with Gasteiger partial charge < -0.3 is 10.6 Å². The molecule has 1 aromatic rings. The van der Waals surface area contributed by atoms with Gasteiger partial charge in [0, 0.05) is 44.4 Å². The zero-order valence-electron chi connectivity index (χ0n) is 13.1. The summed E-state index contributed by atoms with van der Waals surface area (Å²) in [5.41, 5.74) is 6.77. The number of amides is 1. The van der Waals surface area contributed by atoms with E-state index in [0.717, 1.165) is 58.2 Å². The monoisotopic (exact) mass is 292 g/mol. The largest absolute Gasteiger partial charge is 0.343 e. The minimum atomic E-state index is 0.325. The van der Waals surface area contributed by atoms with Crippen LogP contribution >= 0.6 is 0 Å². The quantitative estimate of drug-likeness (QED) is 0.782. The van der Waals surface area contributed by atoms with Crippen molar-refractivity contribution in [3.8, 4) is 0 Å². The van der Waals surface area contributed by atoms with Gasteiger partial charge in [-0.2, -0.15) is 5.10 Å². The first kappa shape index (κ1) is 16.0. The van der Waals surface area contributed by atoms with Crippen molar-refractivity contribution in [1.82, 2.24) is 14.7 Å². The maximum Gasteiger partial charge on any atom is 0.222 e.